The lowest BCUT2D eigenvalue weighted by Gasteiger charge is -2.27. The third-order valence-electron chi connectivity index (χ3n) is 5.55. The van der Waals surface area contributed by atoms with E-state index in [2.05, 4.69) is 6.07 Å². The first-order valence-electron chi connectivity index (χ1n) is 10.8. The summed E-state index contributed by atoms with van der Waals surface area (Å²) in [5.74, 6) is -2.11. The van der Waals surface area contributed by atoms with Gasteiger partial charge >= 0.3 is 11.9 Å². The van der Waals surface area contributed by atoms with E-state index < -0.39 is 29.8 Å². The fourth-order valence-electron chi connectivity index (χ4n) is 3.75. The van der Waals surface area contributed by atoms with Gasteiger partial charge in [0.25, 0.3) is 0 Å². The molecule has 1 aliphatic rings. The molecular weight excluding hydrogens is 467 g/mol. The van der Waals surface area contributed by atoms with Crippen LogP contribution in [0.4, 0.5) is 4.39 Å². The summed E-state index contributed by atoms with van der Waals surface area (Å²) in [6.45, 7) is 1.44. The predicted octanol–water partition coefficient (Wildman–Crippen LogP) is 4.20. The number of nitrogens with two attached hydrogens (primary N) is 1. The second-order valence-corrected chi connectivity index (χ2v) is 7.85. The van der Waals surface area contributed by atoms with Gasteiger partial charge in [0.2, 0.25) is 5.88 Å². The van der Waals surface area contributed by atoms with E-state index in [4.69, 9.17) is 24.7 Å². The van der Waals surface area contributed by atoms with Crippen molar-refractivity contribution in [2.75, 3.05) is 7.11 Å². The lowest BCUT2D eigenvalue weighted by atomic mass is 9.83. The molecule has 0 aliphatic carbocycles. The van der Waals surface area contributed by atoms with Crippen LogP contribution in [0.2, 0.25) is 0 Å². The molecule has 0 saturated carbocycles. The highest BCUT2D eigenvalue weighted by Gasteiger charge is 2.31. The van der Waals surface area contributed by atoms with E-state index in [0.29, 0.717) is 22.4 Å². The van der Waals surface area contributed by atoms with Crippen LogP contribution >= 0.6 is 0 Å². The molecule has 2 N–H and O–H groups in total. The van der Waals surface area contributed by atoms with E-state index in [1.807, 2.05) is 0 Å². The molecule has 2 unspecified atom stereocenters. The molecule has 8 nitrogen and oxygen atoms in total. The van der Waals surface area contributed by atoms with E-state index in [-0.39, 0.29) is 23.0 Å². The Morgan fingerprint density at radius 1 is 1.11 bits per heavy atom. The van der Waals surface area contributed by atoms with Crippen LogP contribution in [-0.4, -0.2) is 25.2 Å². The van der Waals surface area contributed by atoms with E-state index in [9.17, 15) is 19.2 Å². The van der Waals surface area contributed by atoms with E-state index in [1.54, 1.807) is 42.5 Å². The largest absolute Gasteiger partial charge is 0.476 e. The first-order valence-corrected chi connectivity index (χ1v) is 10.8. The third kappa shape index (κ3) is 4.83. The van der Waals surface area contributed by atoms with Crippen molar-refractivity contribution in [1.82, 2.24) is 0 Å². The van der Waals surface area contributed by atoms with Crippen molar-refractivity contribution in [2.24, 2.45) is 5.73 Å². The molecule has 0 aromatic heterocycles. The van der Waals surface area contributed by atoms with Crippen LogP contribution in [0.5, 0.6) is 17.2 Å². The second kappa shape index (κ2) is 10.2. The Kier molecular flexibility index (Phi) is 6.88. The van der Waals surface area contributed by atoms with Crippen molar-refractivity contribution in [3.8, 4) is 23.3 Å². The number of allylic oxidation sites excluding steroid dienone is 1. The van der Waals surface area contributed by atoms with Crippen LogP contribution in [0.15, 0.2) is 78.2 Å². The van der Waals surface area contributed by atoms with Crippen LogP contribution in [0.1, 0.15) is 34.3 Å². The van der Waals surface area contributed by atoms with Gasteiger partial charge in [-0.3, -0.25) is 0 Å². The highest BCUT2D eigenvalue weighted by molar-refractivity contribution is 5.89. The predicted molar refractivity (Wildman–Crippen MR) is 126 cm³/mol. The topological polar surface area (TPSA) is 121 Å². The van der Waals surface area contributed by atoms with Crippen molar-refractivity contribution in [1.29, 1.82) is 5.26 Å². The molecule has 0 spiro atoms. The number of para-hydroxylation sites is 1. The standard InChI is InChI=1S/C27H21FN2O6/c1-15(34-22-6-4-3-5-21(22)28)26(31)35-18-11-12-19-23(13-18)36-25(30)20(14-29)24(19)16-7-9-17(10-8-16)27(32)33-2/h3-13,15,24H,30H2,1-2H3. The molecule has 0 bridgehead atoms. The summed E-state index contributed by atoms with van der Waals surface area (Å²) in [4.78, 5) is 24.3. The number of esters is 2. The first-order chi connectivity index (χ1) is 17.3. The minimum Gasteiger partial charge on any atom is -0.476 e. The highest BCUT2D eigenvalue weighted by Crippen LogP contribution is 2.43. The monoisotopic (exact) mass is 488 g/mol. The Balaban J connectivity index is 1.58. The number of hydrogen-bond donors (Lipinski definition) is 1. The minimum atomic E-state index is -1.09. The zero-order valence-electron chi connectivity index (χ0n) is 19.4. The van der Waals surface area contributed by atoms with Crippen molar-refractivity contribution in [2.45, 2.75) is 18.9 Å². The normalized spacial score (nSPS) is 15.1. The van der Waals surface area contributed by atoms with Crippen molar-refractivity contribution < 1.29 is 32.9 Å². The SMILES string of the molecule is COC(=O)c1ccc(C2C(C#N)=C(N)Oc3cc(OC(=O)C(C)Oc4ccccc4F)ccc32)cc1. The van der Waals surface area contributed by atoms with Crippen molar-refractivity contribution >= 4 is 11.9 Å². The number of benzene rings is 3. The summed E-state index contributed by atoms with van der Waals surface area (Å²) in [5, 5.41) is 9.72. The summed E-state index contributed by atoms with van der Waals surface area (Å²) < 4.78 is 35.0. The number of ether oxygens (including phenoxy) is 4. The molecule has 4 rings (SSSR count). The Hall–Kier alpha value is -4.84. The number of carbonyl (C=O) groups excluding carboxylic acids is 2. The van der Waals surface area contributed by atoms with E-state index in [1.165, 1.54) is 38.3 Å². The van der Waals surface area contributed by atoms with Crippen LogP contribution in [-0.2, 0) is 9.53 Å². The molecule has 3 aromatic carbocycles. The molecule has 36 heavy (non-hydrogen) atoms. The number of nitriles is 1. The van der Waals surface area contributed by atoms with Crippen LogP contribution < -0.4 is 19.9 Å². The molecule has 2 atom stereocenters. The van der Waals surface area contributed by atoms with Crippen LogP contribution in [0.3, 0.4) is 0 Å². The van der Waals surface area contributed by atoms with Gasteiger partial charge in [0.1, 0.15) is 23.1 Å². The van der Waals surface area contributed by atoms with Gasteiger partial charge in [-0.1, -0.05) is 30.3 Å². The maximum atomic E-state index is 13.8. The van der Waals surface area contributed by atoms with E-state index >= 15 is 0 Å². The maximum absolute atomic E-state index is 13.8. The number of carbonyl (C=O) groups is 2. The smallest absolute Gasteiger partial charge is 0.352 e. The Labute approximate surface area is 206 Å². The van der Waals surface area contributed by atoms with Crippen molar-refractivity contribution in [3.63, 3.8) is 0 Å². The van der Waals surface area contributed by atoms with Gasteiger partial charge in [-0.15, -0.1) is 0 Å². The Morgan fingerprint density at radius 2 is 1.83 bits per heavy atom. The quantitative estimate of drug-likeness (QED) is 0.405. The summed E-state index contributed by atoms with van der Waals surface area (Å²) in [6, 6.07) is 19.1. The molecule has 0 fully saturated rings. The molecule has 1 aliphatic heterocycles. The fourth-order valence-corrected chi connectivity index (χ4v) is 3.75. The van der Waals surface area contributed by atoms with Gasteiger partial charge < -0.3 is 24.7 Å². The van der Waals surface area contributed by atoms with Gasteiger partial charge in [-0.2, -0.15) is 5.26 Å². The molecule has 182 valence electrons. The molecule has 3 aromatic rings. The van der Waals surface area contributed by atoms with Gasteiger partial charge in [0, 0.05) is 11.6 Å². The van der Waals surface area contributed by atoms with Crippen LogP contribution in [0, 0.1) is 17.1 Å². The lowest BCUT2D eigenvalue weighted by molar-refractivity contribution is -0.141. The summed E-state index contributed by atoms with van der Waals surface area (Å²) >= 11 is 0. The summed E-state index contributed by atoms with van der Waals surface area (Å²) in [5.41, 5.74) is 7.90. The number of nitrogens with zero attached hydrogens (tertiary/aromatic N) is 1. The van der Waals surface area contributed by atoms with Crippen LogP contribution in [0.25, 0.3) is 0 Å². The Bertz CT molecular complexity index is 1390. The molecule has 1 heterocycles. The minimum absolute atomic E-state index is 0.0706. The lowest BCUT2D eigenvalue weighted by Crippen LogP contribution is -2.29. The number of rotatable bonds is 6. The number of methoxy groups -OCH3 is 1. The maximum Gasteiger partial charge on any atom is 0.352 e. The number of fused-ring (bicyclic) bond motifs is 1. The average molecular weight is 488 g/mol. The number of hydrogen-bond acceptors (Lipinski definition) is 8. The molecule has 0 radical (unpaired) electrons. The van der Waals surface area contributed by atoms with Gasteiger partial charge in [0.05, 0.1) is 18.6 Å². The highest BCUT2D eigenvalue weighted by atomic mass is 19.1. The first kappa shape index (κ1) is 24.3. The Morgan fingerprint density at radius 3 is 2.50 bits per heavy atom. The molecule has 0 amide bonds. The van der Waals surface area contributed by atoms with E-state index in [0.717, 1.165) is 0 Å². The average Bonchev–Trinajstić information content (AvgIpc) is 2.88. The van der Waals surface area contributed by atoms with Gasteiger partial charge in [0.15, 0.2) is 17.7 Å². The summed E-state index contributed by atoms with van der Waals surface area (Å²) in [7, 11) is 1.29. The van der Waals surface area contributed by atoms with Gasteiger partial charge in [-0.25, -0.2) is 14.0 Å². The second-order valence-electron chi connectivity index (χ2n) is 7.85. The molecular formula is C27H21FN2O6. The van der Waals surface area contributed by atoms with Gasteiger partial charge in [-0.05, 0) is 42.8 Å². The zero-order chi connectivity index (χ0) is 25.8. The zero-order valence-corrected chi connectivity index (χ0v) is 19.4. The molecule has 0 saturated heterocycles. The molecule has 9 heteroatoms. The third-order valence-corrected chi connectivity index (χ3v) is 5.55. The van der Waals surface area contributed by atoms with Crippen molar-refractivity contribution in [3.05, 3.63) is 101 Å². The fraction of sp³-hybridized carbons (Fsp3) is 0.148. The number of halogens is 1. The summed E-state index contributed by atoms with van der Waals surface area (Å²) in [6.07, 6.45) is -1.09.